The van der Waals surface area contributed by atoms with E-state index in [1.54, 1.807) is 23.9 Å². The largest absolute Gasteiger partial charge is 0.497 e. The van der Waals surface area contributed by atoms with E-state index in [2.05, 4.69) is 15.7 Å². The molecule has 154 valence electrons. The molecule has 0 fully saturated rings. The summed E-state index contributed by atoms with van der Waals surface area (Å²) in [6.07, 6.45) is -0.0868. The number of nitrogens with zero attached hydrogens (tertiary/aromatic N) is 2. The van der Waals surface area contributed by atoms with Crippen molar-refractivity contribution < 1.29 is 14.3 Å². The van der Waals surface area contributed by atoms with Crippen LogP contribution in [0.25, 0.3) is 11.1 Å². The monoisotopic (exact) mass is 444 g/mol. The van der Waals surface area contributed by atoms with Gasteiger partial charge < -0.3 is 15.4 Å². The van der Waals surface area contributed by atoms with E-state index in [4.69, 9.17) is 27.9 Å². The number of halogens is 2. The first-order valence-electron chi connectivity index (χ1n) is 9.16. The van der Waals surface area contributed by atoms with Crippen LogP contribution in [-0.4, -0.2) is 28.7 Å². The molecule has 0 aliphatic carbocycles. The molecule has 0 spiro atoms. The first-order chi connectivity index (χ1) is 14.4. The highest BCUT2D eigenvalue weighted by Crippen LogP contribution is 2.39. The molecular weight excluding hydrogens is 427 g/mol. The van der Waals surface area contributed by atoms with Gasteiger partial charge in [0.1, 0.15) is 17.6 Å². The quantitative estimate of drug-likeness (QED) is 0.597. The highest BCUT2D eigenvalue weighted by Gasteiger charge is 2.36. The van der Waals surface area contributed by atoms with Crippen molar-refractivity contribution >= 4 is 46.5 Å². The van der Waals surface area contributed by atoms with Crippen molar-refractivity contribution in [1.82, 2.24) is 9.78 Å². The lowest BCUT2D eigenvalue weighted by molar-refractivity contribution is -0.123. The summed E-state index contributed by atoms with van der Waals surface area (Å²) < 4.78 is 6.86. The molecule has 0 radical (unpaired) electrons. The van der Waals surface area contributed by atoms with E-state index in [1.165, 1.54) is 6.07 Å². The molecule has 30 heavy (non-hydrogen) atoms. The Balaban J connectivity index is 1.59. The molecule has 3 aromatic rings. The Morgan fingerprint density at radius 1 is 1.27 bits per heavy atom. The average Bonchev–Trinajstić information content (AvgIpc) is 3.18. The molecule has 1 aromatic heterocycles. The van der Waals surface area contributed by atoms with Crippen LogP contribution >= 0.6 is 23.2 Å². The van der Waals surface area contributed by atoms with Crippen LogP contribution in [0.15, 0.2) is 42.5 Å². The fourth-order valence-electron chi connectivity index (χ4n) is 3.47. The van der Waals surface area contributed by atoms with Crippen molar-refractivity contribution in [3.05, 3.63) is 58.2 Å². The summed E-state index contributed by atoms with van der Waals surface area (Å²) in [5, 5.41) is 10.9. The summed E-state index contributed by atoms with van der Waals surface area (Å²) in [6.45, 7) is 1.86. The minimum absolute atomic E-state index is 0.0868. The van der Waals surface area contributed by atoms with E-state index in [0.717, 1.165) is 16.8 Å². The Kier molecular flexibility index (Phi) is 5.40. The van der Waals surface area contributed by atoms with Crippen molar-refractivity contribution in [3.8, 4) is 16.9 Å². The zero-order valence-corrected chi connectivity index (χ0v) is 17.7. The maximum atomic E-state index is 12.6. The van der Waals surface area contributed by atoms with Gasteiger partial charge in [-0.05, 0) is 42.8 Å². The number of rotatable bonds is 5. The third-order valence-corrected chi connectivity index (χ3v) is 5.42. The molecule has 1 aliphatic heterocycles. The van der Waals surface area contributed by atoms with E-state index in [-0.39, 0.29) is 18.2 Å². The van der Waals surface area contributed by atoms with Crippen LogP contribution in [0.1, 0.15) is 18.2 Å². The van der Waals surface area contributed by atoms with Gasteiger partial charge in [0, 0.05) is 10.6 Å². The fourth-order valence-corrected chi connectivity index (χ4v) is 3.93. The summed E-state index contributed by atoms with van der Waals surface area (Å²) in [4.78, 5) is 25.2. The average molecular weight is 445 g/mol. The first-order valence-corrected chi connectivity index (χ1v) is 9.92. The molecule has 4 rings (SSSR count). The highest BCUT2D eigenvalue weighted by molar-refractivity contribution is 6.36. The number of aryl methyl sites for hydroxylation is 1. The van der Waals surface area contributed by atoms with Crippen molar-refractivity contribution in [3.63, 3.8) is 0 Å². The number of hydrogen-bond donors (Lipinski definition) is 2. The molecule has 0 saturated carbocycles. The predicted molar refractivity (Wildman–Crippen MR) is 116 cm³/mol. The van der Waals surface area contributed by atoms with Gasteiger partial charge in [0.05, 0.1) is 29.9 Å². The number of carbonyl (C=O) groups excluding carboxylic acids is 2. The minimum atomic E-state index is -0.760. The number of amides is 2. The number of hydrogen-bond acceptors (Lipinski definition) is 4. The normalized spacial score (nSPS) is 14.9. The number of methoxy groups -OCH3 is 1. The molecule has 7 nitrogen and oxygen atoms in total. The smallest absolute Gasteiger partial charge is 0.251 e. The van der Waals surface area contributed by atoms with Crippen molar-refractivity contribution in [2.45, 2.75) is 19.4 Å². The van der Waals surface area contributed by atoms with Crippen LogP contribution in [0.5, 0.6) is 5.75 Å². The minimum Gasteiger partial charge on any atom is -0.497 e. The lowest BCUT2D eigenvalue weighted by atomic mass is 10.1. The second-order valence-electron chi connectivity index (χ2n) is 6.87. The molecule has 9 heteroatoms. The third-order valence-electron chi connectivity index (χ3n) is 4.87. The van der Waals surface area contributed by atoms with Gasteiger partial charge in [-0.15, -0.1) is 0 Å². The number of fused-ring (bicyclic) bond motifs is 1. The van der Waals surface area contributed by atoms with Gasteiger partial charge >= 0.3 is 0 Å². The molecule has 2 heterocycles. The van der Waals surface area contributed by atoms with Crippen molar-refractivity contribution in [2.75, 3.05) is 17.7 Å². The Morgan fingerprint density at radius 2 is 2.07 bits per heavy atom. The summed E-state index contributed by atoms with van der Waals surface area (Å²) in [5.41, 5.74) is 2.83. The van der Waals surface area contributed by atoms with Crippen molar-refractivity contribution in [2.24, 2.45) is 0 Å². The number of nitrogens with one attached hydrogen (secondary N) is 2. The zero-order valence-electron chi connectivity index (χ0n) is 16.2. The maximum Gasteiger partial charge on any atom is 0.251 e. The Morgan fingerprint density at radius 3 is 2.80 bits per heavy atom. The molecule has 0 saturated heterocycles. The fraction of sp³-hybridized carbons (Fsp3) is 0.190. The van der Waals surface area contributed by atoms with Crippen LogP contribution in [0.4, 0.5) is 11.5 Å². The van der Waals surface area contributed by atoms with Gasteiger partial charge in [0.25, 0.3) is 5.91 Å². The number of carbonyl (C=O) groups is 2. The number of benzene rings is 2. The summed E-state index contributed by atoms with van der Waals surface area (Å²) >= 11 is 12.0. The van der Waals surface area contributed by atoms with Gasteiger partial charge in [0.2, 0.25) is 5.91 Å². The number of aromatic nitrogens is 2. The standard InChI is InChI=1S/C21H18Cl2N4O3/c1-11-19(12-4-3-5-14(8-12)30-2)20-25-21(29)17(27(20)26-11)10-18(28)24-16-7-6-13(22)9-15(16)23/h3-9,17H,10H2,1-2H3,(H,24,28)(H,25,29). The third kappa shape index (κ3) is 3.74. The molecule has 1 atom stereocenters. The number of ether oxygens (including phenoxy) is 1. The van der Waals surface area contributed by atoms with E-state index >= 15 is 0 Å². The summed E-state index contributed by atoms with van der Waals surface area (Å²) in [7, 11) is 1.59. The lowest BCUT2D eigenvalue weighted by Gasteiger charge is -2.11. The van der Waals surface area contributed by atoms with Crippen molar-refractivity contribution in [1.29, 1.82) is 0 Å². The molecule has 1 unspecified atom stereocenters. The molecule has 1 aliphatic rings. The molecule has 2 amide bonds. The van der Waals surface area contributed by atoms with Gasteiger partial charge in [-0.3, -0.25) is 9.59 Å². The summed E-state index contributed by atoms with van der Waals surface area (Å²) in [6, 6.07) is 11.5. The molecule has 2 aromatic carbocycles. The van der Waals surface area contributed by atoms with Crippen LogP contribution in [0.3, 0.4) is 0 Å². The highest BCUT2D eigenvalue weighted by atomic mass is 35.5. The van der Waals surface area contributed by atoms with Gasteiger partial charge in [-0.25, -0.2) is 4.68 Å². The van der Waals surface area contributed by atoms with Crippen LogP contribution in [-0.2, 0) is 9.59 Å². The van der Waals surface area contributed by atoms with Gasteiger partial charge in [-0.1, -0.05) is 35.3 Å². The van der Waals surface area contributed by atoms with Crippen LogP contribution in [0.2, 0.25) is 10.0 Å². The topological polar surface area (TPSA) is 85.2 Å². The van der Waals surface area contributed by atoms with E-state index in [1.807, 2.05) is 31.2 Å². The molecule has 0 bridgehead atoms. The van der Waals surface area contributed by atoms with Gasteiger partial charge in [-0.2, -0.15) is 5.10 Å². The van der Waals surface area contributed by atoms with Gasteiger partial charge in [0.15, 0.2) is 0 Å². The zero-order chi connectivity index (χ0) is 21.4. The Bertz CT molecular complexity index is 1160. The first kappa shape index (κ1) is 20.3. The Labute approximate surface area is 182 Å². The molecular formula is C21H18Cl2N4O3. The van der Waals surface area contributed by atoms with E-state index in [0.29, 0.717) is 27.3 Å². The maximum absolute atomic E-state index is 12.6. The SMILES string of the molecule is COc1cccc(-c2c(C)nn3c2NC(=O)C3CC(=O)Nc2ccc(Cl)cc2Cl)c1. The van der Waals surface area contributed by atoms with Crippen LogP contribution < -0.4 is 15.4 Å². The second-order valence-corrected chi connectivity index (χ2v) is 7.71. The molecule has 2 N–H and O–H groups in total. The van der Waals surface area contributed by atoms with E-state index in [9.17, 15) is 9.59 Å². The lowest BCUT2D eigenvalue weighted by Crippen LogP contribution is -2.23. The predicted octanol–water partition coefficient (Wildman–Crippen LogP) is 4.70. The Hall–Kier alpha value is -3.03. The number of anilines is 2. The second kappa shape index (κ2) is 8.01. The van der Waals surface area contributed by atoms with Crippen LogP contribution in [0, 0.1) is 6.92 Å². The van der Waals surface area contributed by atoms with E-state index < -0.39 is 6.04 Å². The summed E-state index contributed by atoms with van der Waals surface area (Å²) in [5.74, 6) is 0.613.